The third kappa shape index (κ3) is 3.64. The van der Waals surface area contributed by atoms with Crippen LogP contribution < -0.4 is 4.72 Å². The summed E-state index contributed by atoms with van der Waals surface area (Å²) in [6, 6.07) is 6.80. The molecule has 0 aliphatic rings. The molecule has 2 aromatic rings. The van der Waals surface area contributed by atoms with Crippen molar-refractivity contribution in [2.75, 3.05) is 6.54 Å². The van der Waals surface area contributed by atoms with Crippen molar-refractivity contribution in [1.82, 2.24) is 14.5 Å². The molecule has 0 aliphatic heterocycles. The molecule has 0 saturated carbocycles. The largest absolute Gasteiger partial charge is 0.273 e. The maximum Gasteiger partial charge on any atom is 0.240 e. The molecule has 2 rings (SSSR count). The number of aromatic nitrogens is 2. The van der Waals surface area contributed by atoms with Crippen LogP contribution in [-0.4, -0.2) is 24.7 Å². The molecule has 7 heteroatoms. The average Bonchev–Trinajstić information content (AvgIpc) is 2.71. The number of nitrogens with zero attached hydrogens (tertiary/aromatic N) is 2. The second-order valence-electron chi connectivity index (χ2n) is 4.91. The van der Waals surface area contributed by atoms with Crippen molar-refractivity contribution in [3.63, 3.8) is 0 Å². The second kappa shape index (κ2) is 6.17. The van der Waals surface area contributed by atoms with Crippen LogP contribution in [0.2, 0.25) is 5.02 Å². The molecule has 114 valence electrons. The van der Waals surface area contributed by atoms with Crippen molar-refractivity contribution in [1.29, 1.82) is 0 Å². The zero-order valence-corrected chi connectivity index (χ0v) is 13.8. The van der Waals surface area contributed by atoms with Gasteiger partial charge in [-0.25, -0.2) is 13.1 Å². The fourth-order valence-electron chi connectivity index (χ4n) is 2.03. The Morgan fingerprint density at radius 1 is 1.33 bits per heavy atom. The summed E-state index contributed by atoms with van der Waals surface area (Å²) in [6.45, 7) is 3.94. The topological polar surface area (TPSA) is 64.0 Å². The zero-order chi connectivity index (χ0) is 15.6. The van der Waals surface area contributed by atoms with Crippen LogP contribution in [0.15, 0.2) is 29.2 Å². The minimum absolute atomic E-state index is 0.215. The number of rotatable bonds is 5. The number of benzene rings is 1. The van der Waals surface area contributed by atoms with Crippen molar-refractivity contribution < 1.29 is 8.42 Å². The second-order valence-corrected chi connectivity index (χ2v) is 7.05. The van der Waals surface area contributed by atoms with Gasteiger partial charge in [0.1, 0.15) is 0 Å². The molecule has 1 N–H and O–H groups in total. The third-order valence-corrected chi connectivity index (χ3v) is 5.36. The van der Waals surface area contributed by atoms with E-state index in [9.17, 15) is 8.42 Å². The predicted molar refractivity (Wildman–Crippen MR) is 83.0 cm³/mol. The molecule has 5 nitrogen and oxygen atoms in total. The smallest absolute Gasteiger partial charge is 0.240 e. The Hall–Kier alpha value is -1.37. The van der Waals surface area contributed by atoms with Gasteiger partial charge in [-0.15, -0.1) is 0 Å². The molecule has 0 amide bonds. The molecule has 1 aromatic heterocycles. The summed E-state index contributed by atoms with van der Waals surface area (Å²) < 4.78 is 28.9. The number of sulfonamides is 1. The van der Waals surface area contributed by atoms with Crippen LogP contribution in [0.4, 0.5) is 0 Å². The molecule has 0 aliphatic carbocycles. The fourth-order valence-corrected chi connectivity index (χ4v) is 3.55. The monoisotopic (exact) mass is 327 g/mol. The molecular formula is C14H18ClN3O2S. The summed E-state index contributed by atoms with van der Waals surface area (Å²) in [5, 5.41) is 4.74. The summed E-state index contributed by atoms with van der Waals surface area (Å²) in [7, 11) is -1.70. The van der Waals surface area contributed by atoms with Gasteiger partial charge in [0.25, 0.3) is 0 Å². The molecule has 0 unspecified atom stereocenters. The van der Waals surface area contributed by atoms with E-state index in [-0.39, 0.29) is 4.90 Å². The summed E-state index contributed by atoms with van der Waals surface area (Å²) in [6.07, 6.45) is 0.542. The van der Waals surface area contributed by atoms with Crippen LogP contribution >= 0.6 is 11.6 Å². The predicted octanol–water partition coefficient (Wildman–Crippen LogP) is 2.21. The number of halogens is 1. The van der Waals surface area contributed by atoms with Gasteiger partial charge in [-0.3, -0.25) is 4.68 Å². The maximum atomic E-state index is 12.3. The Bertz CT molecular complexity index is 734. The van der Waals surface area contributed by atoms with E-state index in [1.54, 1.807) is 29.8 Å². The van der Waals surface area contributed by atoms with E-state index in [4.69, 9.17) is 11.6 Å². The highest BCUT2D eigenvalue weighted by molar-refractivity contribution is 7.89. The van der Waals surface area contributed by atoms with Gasteiger partial charge in [-0.2, -0.15) is 5.10 Å². The molecule has 0 saturated heterocycles. The zero-order valence-electron chi connectivity index (χ0n) is 12.2. The third-order valence-electron chi connectivity index (χ3n) is 3.35. The first-order valence-electron chi connectivity index (χ1n) is 6.55. The van der Waals surface area contributed by atoms with Gasteiger partial charge in [0.05, 0.1) is 10.6 Å². The van der Waals surface area contributed by atoms with Crippen LogP contribution in [0.25, 0.3) is 0 Å². The van der Waals surface area contributed by atoms with Gasteiger partial charge in [0.2, 0.25) is 10.0 Å². The Morgan fingerprint density at radius 3 is 2.67 bits per heavy atom. The Morgan fingerprint density at radius 2 is 2.05 bits per heavy atom. The van der Waals surface area contributed by atoms with E-state index in [0.717, 1.165) is 11.4 Å². The minimum Gasteiger partial charge on any atom is -0.273 e. The van der Waals surface area contributed by atoms with Crippen molar-refractivity contribution in [3.05, 3.63) is 46.2 Å². The number of nitrogens with one attached hydrogen (secondary N) is 1. The van der Waals surface area contributed by atoms with Gasteiger partial charge >= 0.3 is 0 Å². The highest BCUT2D eigenvalue weighted by Gasteiger charge is 2.17. The van der Waals surface area contributed by atoms with Crippen LogP contribution in [0, 0.1) is 13.8 Å². The Balaban J connectivity index is 2.06. The number of hydrogen-bond donors (Lipinski definition) is 1. The van der Waals surface area contributed by atoms with Gasteiger partial charge in [-0.05, 0) is 37.6 Å². The van der Waals surface area contributed by atoms with E-state index in [2.05, 4.69) is 9.82 Å². The van der Waals surface area contributed by atoms with Gasteiger partial charge in [0.15, 0.2) is 0 Å². The molecule has 21 heavy (non-hydrogen) atoms. The summed E-state index contributed by atoms with van der Waals surface area (Å²) in [5.74, 6) is 0. The lowest BCUT2D eigenvalue weighted by Gasteiger charge is -2.09. The molecule has 1 heterocycles. The van der Waals surface area contributed by atoms with Gasteiger partial charge < -0.3 is 0 Å². The van der Waals surface area contributed by atoms with E-state index < -0.39 is 10.0 Å². The number of aryl methyl sites for hydroxylation is 2. The molecule has 0 spiro atoms. The first kappa shape index (κ1) is 16.0. The Kier molecular flexibility index (Phi) is 4.70. The first-order chi connectivity index (χ1) is 9.81. The van der Waals surface area contributed by atoms with E-state index in [1.807, 2.05) is 20.0 Å². The highest BCUT2D eigenvalue weighted by Crippen LogP contribution is 2.22. The maximum absolute atomic E-state index is 12.3. The quantitative estimate of drug-likeness (QED) is 0.915. The van der Waals surface area contributed by atoms with Crippen molar-refractivity contribution in [3.8, 4) is 0 Å². The molecule has 0 radical (unpaired) electrons. The van der Waals surface area contributed by atoms with Crippen LogP contribution in [0.5, 0.6) is 0 Å². The van der Waals surface area contributed by atoms with Crippen LogP contribution in [0.1, 0.15) is 17.0 Å². The Labute approximate surface area is 130 Å². The minimum atomic E-state index is -3.56. The van der Waals surface area contributed by atoms with Crippen molar-refractivity contribution >= 4 is 21.6 Å². The average molecular weight is 328 g/mol. The normalized spacial score (nSPS) is 11.8. The lowest BCUT2D eigenvalue weighted by molar-refractivity contribution is 0.580. The van der Waals surface area contributed by atoms with E-state index in [0.29, 0.717) is 23.6 Å². The number of hydrogen-bond acceptors (Lipinski definition) is 3. The molecule has 0 atom stereocenters. The first-order valence-corrected chi connectivity index (χ1v) is 8.41. The SMILES string of the molecule is Cc1c(Cl)cccc1S(=O)(=O)NCCc1cc(C)n(C)n1. The molecule has 1 aromatic carbocycles. The van der Waals surface area contributed by atoms with Gasteiger partial charge in [-0.1, -0.05) is 17.7 Å². The summed E-state index contributed by atoms with van der Waals surface area (Å²) in [5.41, 5.74) is 2.46. The van der Waals surface area contributed by atoms with E-state index >= 15 is 0 Å². The highest BCUT2D eigenvalue weighted by atomic mass is 35.5. The van der Waals surface area contributed by atoms with E-state index in [1.165, 1.54) is 0 Å². The fraction of sp³-hybridized carbons (Fsp3) is 0.357. The summed E-state index contributed by atoms with van der Waals surface area (Å²) in [4.78, 5) is 0.215. The molecular weight excluding hydrogens is 310 g/mol. The lowest BCUT2D eigenvalue weighted by atomic mass is 10.2. The van der Waals surface area contributed by atoms with Crippen molar-refractivity contribution in [2.24, 2.45) is 7.05 Å². The van der Waals surface area contributed by atoms with Crippen molar-refractivity contribution in [2.45, 2.75) is 25.2 Å². The molecule has 0 bridgehead atoms. The van der Waals surface area contributed by atoms with Crippen LogP contribution in [0.3, 0.4) is 0 Å². The van der Waals surface area contributed by atoms with Crippen LogP contribution in [-0.2, 0) is 23.5 Å². The lowest BCUT2D eigenvalue weighted by Crippen LogP contribution is -2.26. The molecule has 0 fully saturated rings. The van der Waals surface area contributed by atoms with Gasteiger partial charge in [0, 0.05) is 30.7 Å². The standard InChI is InChI=1S/C14H18ClN3O2S/c1-10-9-12(17-18(10)3)7-8-16-21(19,20)14-6-4-5-13(15)11(14)2/h4-6,9,16H,7-8H2,1-3H3. The summed E-state index contributed by atoms with van der Waals surface area (Å²) >= 11 is 5.97.